The third-order valence-corrected chi connectivity index (χ3v) is 4.85. The lowest BCUT2D eigenvalue weighted by Crippen LogP contribution is -2.47. The quantitative estimate of drug-likeness (QED) is 0.839. The Morgan fingerprint density at radius 1 is 0.913 bits per heavy atom. The number of fused-ring (bicyclic) bond motifs is 1. The van der Waals surface area contributed by atoms with E-state index in [0.29, 0.717) is 12.6 Å². The minimum atomic E-state index is -0.284. The molecule has 1 unspecified atom stereocenters. The third-order valence-electron chi connectivity index (χ3n) is 4.85. The van der Waals surface area contributed by atoms with Crippen LogP contribution in [0.1, 0.15) is 36.8 Å². The Kier molecular flexibility index (Phi) is 4.31. The molecule has 2 aromatic rings. The van der Waals surface area contributed by atoms with E-state index in [9.17, 15) is 0 Å². The van der Waals surface area contributed by atoms with Gasteiger partial charge in [0.1, 0.15) is 5.75 Å². The first-order chi connectivity index (χ1) is 11.4. The summed E-state index contributed by atoms with van der Waals surface area (Å²) in [6.07, 6.45) is 4.79. The molecule has 23 heavy (non-hydrogen) atoms. The molecule has 1 saturated carbocycles. The van der Waals surface area contributed by atoms with Crippen molar-refractivity contribution in [2.75, 3.05) is 0 Å². The maximum absolute atomic E-state index is 6.18. The lowest BCUT2D eigenvalue weighted by atomic mass is 10.1. The number of nitrogens with zero attached hydrogens (tertiary/aromatic N) is 1. The molecule has 0 amide bonds. The zero-order valence-electron chi connectivity index (χ0n) is 13.4. The highest BCUT2D eigenvalue weighted by molar-refractivity contribution is 5.33. The van der Waals surface area contributed by atoms with Gasteiger partial charge in [-0.15, -0.1) is 0 Å². The summed E-state index contributed by atoms with van der Waals surface area (Å²) < 4.78 is 12.2. The molecule has 0 radical (unpaired) electrons. The Labute approximate surface area is 137 Å². The summed E-state index contributed by atoms with van der Waals surface area (Å²) >= 11 is 0. The fourth-order valence-electron chi connectivity index (χ4n) is 3.61. The molecule has 1 aliphatic heterocycles. The van der Waals surface area contributed by atoms with Gasteiger partial charge >= 0.3 is 0 Å². The Bertz CT molecular complexity index is 637. The highest BCUT2D eigenvalue weighted by Crippen LogP contribution is 2.32. The molecule has 1 aliphatic carbocycles. The number of hydrogen-bond acceptors (Lipinski definition) is 3. The van der Waals surface area contributed by atoms with Crippen LogP contribution in [0, 0.1) is 0 Å². The Morgan fingerprint density at radius 3 is 2.48 bits per heavy atom. The number of benzene rings is 2. The molecule has 0 bridgehead atoms. The standard InChI is InChI=1S/C20H23NO2/c1-2-8-16(9-3-1)14-21(18-11-5-6-12-18)20-22-15-17-10-4-7-13-19(17)23-20/h1-4,7-10,13,18,20H,5-6,11-12,14-15H2. The second-order valence-electron chi connectivity index (χ2n) is 6.44. The van der Waals surface area contributed by atoms with Gasteiger partial charge in [-0.3, -0.25) is 0 Å². The van der Waals surface area contributed by atoms with Crippen molar-refractivity contribution in [1.29, 1.82) is 0 Å². The van der Waals surface area contributed by atoms with Gasteiger partial charge in [-0.05, 0) is 24.5 Å². The zero-order chi connectivity index (χ0) is 15.5. The summed E-state index contributed by atoms with van der Waals surface area (Å²) in [4.78, 5) is 2.40. The van der Waals surface area contributed by atoms with Crippen molar-refractivity contribution < 1.29 is 9.47 Å². The Hall–Kier alpha value is -1.84. The van der Waals surface area contributed by atoms with Crippen molar-refractivity contribution in [3.8, 4) is 5.75 Å². The van der Waals surface area contributed by atoms with E-state index in [-0.39, 0.29) is 6.41 Å². The summed E-state index contributed by atoms with van der Waals surface area (Å²) in [7, 11) is 0. The predicted molar refractivity (Wildman–Crippen MR) is 89.9 cm³/mol. The molecule has 0 N–H and O–H groups in total. The van der Waals surface area contributed by atoms with E-state index in [1.54, 1.807) is 0 Å². The summed E-state index contributed by atoms with van der Waals surface area (Å²) in [5, 5.41) is 0. The van der Waals surface area contributed by atoms with Crippen LogP contribution in [0.4, 0.5) is 0 Å². The van der Waals surface area contributed by atoms with Crippen molar-refractivity contribution in [2.24, 2.45) is 0 Å². The van der Waals surface area contributed by atoms with Crippen LogP contribution in [0.5, 0.6) is 5.75 Å². The van der Waals surface area contributed by atoms with E-state index >= 15 is 0 Å². The fourth-order valence-corrected chi connectivity index (χ4v) is 3.61. The molecule has 1 fully saturated rings. The molecule has 0 aromatic heterocycles. The SMILES string of the molecule is c1ccc(CN(C2CCCC2)C2OCc3ccccc3O2)cc1. The molecule has 2 aromatic carbocycles. The molecular formula is C20H23NO2. The van der Waals surface area contributed by atoms with Crippen molar-refractivity contribution in [1.82, 2.24) is 4.90 Å². The second kappa shape index (κ2) is 6.73. The van der Waals surface area contributed by atoms with Gasteiger partial charge in [-0.1, -0.05) is 61.4 Å². The van der Waals surface area contributed by atoms with E-state index in [2.05, 4.69) is 41.3 Å². The highest BCUT2D eigenvalue weighted by Gasteiger charge is 2.33. The Balaban J connectivity index is 1.56. The third kappa shape index (κ3) is 3.26. The van der Waals surface area contributed by atoms with Crippen LogP contribution in [0.3, 0.4) is 0 Å². The van der Waals surface area contributed by atoms with E-state index in [0.717, 1.165) is 17.9 Å². The van der Waals surface area contributed by atoms with Gasteiger partial charge in [0.25, 0.3) is 6.41 Å². The monoisotopic (exact) mass is 309 g/mol. The van der Waals surface area contributed by atoms with Gasteiger partial charge in [0.15, 0.2) is 0 Å². The van der Waals surface area contributed by atoms with Gasteiger partial charge in [0.05, 0.1) is 6.61 Å². The average Bonchev–Trinajstić information content (AvgIpc) is 3.14. The van der Waals surface area contributed by atoms with Crippen LogP contribution < -0.4 is 4.74 Å². The van der Waals surface area contributed by atoms with Crippen molar-refractivity contribution in [3.63, 3.8) is 0 Å². The van der Waals surface area contributed by atoms with Crippen molar-refractivity contribution in [3.05, 3.63) is 65.7 Å². The van der Waals surface area contributed by atoms with Crippen molar-refractivity contribution in [2.45, 2.75) is 51.3 Å². The summed E-state index contributed by atoms with van der Waals surface area (Å²) in [6, 6.07) is 19.3. The minimum Gasteiger partial charge on any atom is -0.451 e. The van der Waals surface area contributed by atoms with Crippen LogP contribution in [-0.4, -0.2) is 17.4 Å². The number of rotatable bonds is 4. The molecule has 1 heterocycles. The van der Waals surface area contributed by atoms with Crippen LogP contribution >= 0.6 is 0 Å². The van der Waals surface area contributed by atoms with E-state index in [4.69, 9.17) is 9.47 Å². The molecule has 4 rings (SSSR count). The molecule has 0 spiro atoms. The zero-order valence-corrected chi connectivity index (χ0v) is 13.4. The van der Waals surface area contributed by atoms with Gasteiger partial charge in [0, 0.05) is 18.2 Å². The van der Waals surface area contributed by atoms with Crippen LogP contribution in [-0.2, 0) is 17.9 Å². The molecule has 3 heteroatoms. The highest BCUT2D eigenvalue weighted by atomic mass is 16.7. The van der Waals surface area contributed by atoms with Crippen molar-refractivity contribution >= 4 is 0 Å². The summed E-state index contributed by atoms with van der Waals surface area (Å²) in [5.41, 5.74) is 2.44. The largest absolute Gasteiger partial charge is 0.451 e. The topological polar surface area (TPSA) is 21.7 Å². The number of para-hydroxylation sites is 1. The molecule has 0 saturated heterocycles. The predicted octanol–water partition coefficient (Wildman–Crippen LogP) is 4.32. The second-order valence-corrected chi connectivity index (χ2v) is 6.44. The van der Waals surface area contributed by atoms with E-state index < -0.39 is 0 Å². The number of hydrogen-bond donors (Lipinski definition) is 0. The summed E-state index contributed by atoms with van der Waals surface area (Å²) in [6.45, 7) is 1.50. The fraction of sp³-hybridized carbons (Fsp3) is 0.400. The van der Waals surface area contributed by atoms with Crippen LogP contribution in [0.15, 0.2) is 54.6 Å². The molecule has 1 atom stereocenters. The maximum atomic E-state index is 6.18. The van der Waals surface area contributed by atoms with E-state index in [1.807, 2.05) is 18.2 Å². The van der Waals surface area contributed by atoms with Gasteiger partial charge in [-0.2, -0.15) is 0 Å². The minimum absolute atomic E-state index is 0.284. The smallest absolute Gasteiger partial charge is 0.263 e. The molecule has 3 nitrogen and oxygen atoms in total. The first-order valence-electron chi connectivity index (χ1n) is 8.56. The van der Waals surface area contributed by atoms with Gasteiger partial charge in [-0.25, -0.2) is 4.90 Å². The van der Waals surface area contributed by atoms with Gasteiger partial charge < -0.3 is 9.47 Å². The molecular weight excluding hydrogens is 286 g/mol. The first kappa shape index (κ1) is 14.7. The average molecular weight is 309 g/mol. The molecule has 120 valence electrons. The maximum Gasteiger partial charge on any atom is 0.263 e. The lowest BCUT2D eigenvalue weighted by Gasteiger charge is -2.38. The number of ether oxygens (including phenoxy) is 2. The lowest BCUT2D eigenvalue weighted by molar-refractivity contribution is -0.211. The normalized spacial score (nSPS) is 21.2. The van der Waals surface area contributed by atoms with Crippen LogP contribution in [0.25, 0.3) is 0 Å². The summed E-state index contributed by atoms with van der Waals surface area (Å²) in [5.74, 6) is 0.958. The Morgan fingerprint density at radius 2 is 1.65 bits per heavy atom. The van der Waals surface area contributed by atoms with Gasteiger partial charge in [0.2, 0.25) is 0 Å². The first-order valence-corrected chi connectivity index (χ1v) is 8.56. The van der Waals surface area contributed by atoms with Crippen LogP contribution in [0.2, 0.25) is 0 Å². The molecule has 2 aliphatic rings. The van der Waals surface area contributed by atoms with E-state index in [1.165, 1.54) is 31.2 Å².